The van der Waals surface area contributed by atoms with Crippen molar-refractivity contribution >= 4 is 5.91 Å². The van der Waals surface area contributed by atoms with Gasteiger partial charge in [0.25, 0.3) is 5.91 Å². The Balaban J connectivity index is 1.90. The zero-order valence-corrected chi connectivity index (χ0v) is 11.4. The maximum Gasteiger partial charge on any atom is 0.250 e. The highest BCUT2D eigenvalue weighted by molar-refractivity contribution is 5.82. The summed E-state index contributed by atoms with van der Waals surface area (Å²) in [5, 5.41) is 3.10. The number of nitrogens with two attached hydrogens (primary N) is 1. The minimum atomic E-state index is -0.344. The summed E-state index contributed by atoms with van der Waals surface area (Å²) >= 11 is 0. The molecule has 1 saturated heterocycles. The van der Waals surface area contributed by atoms with Crippen LogP contribution in [-0.2, 0) is 9.53 Å². The number of hydrogen-bond acceptors (Lipinski definition) is 4. The van der Waals surface area contributed by atoms with E-state index in [4.69, 9.17) is 10.5 Å². The van der Waals surface area contributed by atoms with Gasteiger partial charge in [-0.2, -0.15) is 0 Å². The van der Waals surface area contributed by atoms with E-state index in [9.17, 15) is 4.79 Å². The molecule has 1 heterocycles. The Bertz CT molecular complexity index is 307. The Hall–Kier alpha value is -0.650. The number of nitrogens with one attached hydrogen (secondary N) is 1. The summed E-state index contributed by atoms with van der Waals surface area (Å²) in [6.45, 7) is 7.84. The van der Waals surface area contributed by atoms with E-state index >= 15 is 0 Å². The number of nitrogens with zero attached hydrogens (tertiary/aromatic N) is 1. The predicted octanol–water partition coefficient (Wildman–Crippen LogP) is -0.0493. The summed E-state index contributed by atoms with van der Waals surface area (Å²) in [6.07, 6.45) is 1.99. The van der Waals surface area contributed by atoms with Crippen LogP contribution in [0, 0.1) is 5.92 Å². The molecular weight excluding hydrogens is 230 g/mol. The van der Waals surface area contributed by atoms with Crippen molar-refractivity contribution in [2.45, 2.75) is 38.3 Å². The summed E-state index contributed by atoms with van der Waals surface area (Å²) in [4.78, 5) is 14.5. The van der Waals surface area contributed by atoms with Crippen LogP contribution in [0.4, 0.5) is 0 Å². The van der Waals surface area contributed by atoms with E-state index in [2.05, 4.69) is 17.1 Å². The van der Waals surface area contributed by atoms with Crippen LogP contribution in [-0.4, -0.2) is 55.2 Å². The number of hydrogen-bond donors (Lipinski definition) is 2. The molecule has 0 aromatic heterocycles. The third-order valence-electron chi connectivity index (χ3n) is 4.20. The lowest BCUT2D eigenvalue weighted by Gasteiger charge is -2.35. The van der Waals surface area contributed by atoms with Gasteiger partial charge in [-0.15, -0.1) is 0 Å². The van der Waals surface area contributed by atoms with Gasteiger partial charge in [0.05, 0.1) is 12.1 Å². The van der Waals surface area contributed by atoms with Gasteiger partial charge in [0.2, 0.25) is 0 Å². The van der Waals surface area contributed by atoms with Crippen LogP contribution in [0.2, 0.25) is 0 Å². The van der Waals surface area contributed by atoms with Crippen molar-refractivity contribution < 1.29 is 9.53 Å². The second-order valence-corrected chi connectivity index (χ2v) is 5.64. The number of carbonyl (C=O) groups excluding carboxylic acids is 1. The van der Waals surface area contributed by atoms with Gasteiger partial charge in [-0.3, -0.25) is 9.69 Å². The minimum Gasteiger partial charge on any atom is -0.366 e. The molecule has 0 radical (unpaired) electrons. The van der Waals surface area contributed by atoms with Crippen LogP contribution >= 0.6 is 0 Å². The van der Waals surface area contributed by atoms with Crippen LogP contribution in [0.1, 0.15) is 26.7 Å². The zero-order valence-electron chi connectivity index (χ0n) is 11.4. The molecule has 2 unspecified atom stereocenters. The zero-order chi connectivity index (χ0) is 13.2. The van der Waals surface area contributed by atoms with Crippen LogP contribution in [0.25, 0.3) is 0 Å². The summed E-state index contributed by atoms with van der Waals surface area (Å²) in [5.41, 5.74) is 5.56. The van der Waals surface area contributed by atoms with Gasteiger partial charge in [0.1, 0.15) is 6.10 Å². The molecule has 0 spiro atoms. The first kappa shape index (κ1) is 13.8. The largest absolute Gasteiger partial charge is 0.366 e. The molecule has 2 fully saturated rings. The molecule has 2 rings (SSSR count). The topological polar surface area (TPSA) is 67.6 Å². The third kappa shape index (κ3) is 3.02. The fraction of sp³-hybridized carbons (Fsp3) is 0.923. The molecule has 0 bridgehead atoms. The fourth-order valence-corrected chi connectivity index (χ4v) is 2.55. The number of carbonyl (C=O) groups is 1. The number of ether oxygens (including phenoxy) is 1. The Morgan fingerprint density at radius 2 is 2.28 bits per heavy atom. The fourth-order valence-electron chi connectivity index (χ4n) is 2.55. The van der Waals surface area contributed by atoms with Crippen molar-refractivity contribution in [2.24, 2.45) is 11.7 Å². The van der Waals surface area contributed by atoms with Crippen LogP contribution in [0.15, 0.2) is 0 Å². The van der Waals surface area contributed by atoms with Crippen molar-refractivity contribution in [3.05, 3.63) is 0 Å². The lowest BCUT2D eigenvalue weighted by molar-refractivity contribution is -0.140. The molecule has 1 aliphatic heterocycles. The van der Waals surface area contributed by atoms with Crippen molar-refractivity contribution in [2.75, 3.05) is 32.8 Å². The number of rotatable bonds is 5. The average molecular weight is 255 g/mol. The minimum absolute atomic E-state index is 0.00648. The van der Waals surface area contributed by atoms with Gasteiger partial charge >= 0.3 is 0 Å². The molecule has 0 aromatic rings. The Labute approximate surface area is 109 Å². The standard InChI is InChI=1S/C13H25N3O2/c1-3-16-6-7-18-11(8-16)12(17)15-13(2,9-14)10-4-5-10/h10-11H,3-9,14H2,1-2H3,(H,15,17). The second kappa shape index (κ2) is 5.55. The Morgan fingerprint density at radius 1 is 1.56 bits per heavy atom. The maximum absolute atomic E-state index is 12.2. The Morgan fingerprint density at radius 3 is 2.83 bits per heavy atom. The number of amides is 1. The number of likely N-dealkylation sites (N-methyl/N-ethyl adjacent to an activating group) is 1. The average Bonchev–Trinajstić information content (AvgIpc) is 3.23. The van der Waals surface area contributed by atoms with Crippen molar-refractivity contribution in [3.8, 4) is 0 Å². The molecule has 0 aromatic carbocycles. The maximum atomic E-state index is 12.2. The Kier molecular flexibility index (Phi) is 4.25. The molecular formula is C13H25N3O2. The normalized spacial score (nSPS) is 28.7. The quantitative estimate of drug-likeness (QED) is 0.723. The molecule has 104 valence electrons. The van der Waals surface area contributed by atoms with Gasteiger partial charge in [-0.05, 0) is 32.2 Å². The molecule has 1 amide bonds. The molecule has 5 heteroatoms. The van der Waals surface area contributed by atoms with E-state index in [0.717, 1.165) is 13.1 Å². The second-order valence-electron chi connectivity index (χ2n) is 5.64. The molecule has 3 N–H and O–H groups in total. The first-order valence-electron chi connectivity index (χ1n) is 6.95. The van der Waals surface area contributed by atoms with Gasteiger partial charge in [-0.1, -0.05) is 6.92 Å². The summed E-state index contributed by atoms with van der Waals surface area (Å²) in [7, 11) is 0. The smallest absolute Gasteiger partial charge is 0.250 e. The van der Waals surface area contributed by atoms with E-state index in [1.165, 1.54) is 12.8 Å². The first-order valence-corrected chi connectivity index (χ1v) is 6.95. The number of morpholine rings is 1. The SMILES string of the molecule is CCN1CCOC(C(=O)NC(C)(CN)C2CC2)C1. The lowest BCUT2D eigenvalue weighted by atomic mass is 9.95. The third-order valence-corrected chi connectivity index (χ3v) is 4.20. The van der Waals surface area contributed by atoms with Crippen LogP contribution in [0.5, 0.6) is 0 Å². The van der Waals surface area contributed by atoms with Crippen LogP contribution in [0.3, 0.4) is 0 Å². The van der Waals surface area contributed by atoms with Gasteiger partial charge in [0.15, 0.2) is 0 Å². The summed E-state index contributed by atoms with van der Waals surface area (Å²) in [6, 6.07) is 0. The highest BCUT2D eigenvalue weighted by Crippen LogP contribution is 2.39. The van der Waals surface area contributed by atoms with Crippen molar-refractivity contribution in [3.63, 3.8) is 0 Å². The lowest BCUT2D eigenvalue weighted by Crippen LogP contribution is -2.58. The monoisotopic (exact) mass is 255 g/mol. The van der Waals surface area contributed by atoms with E-state index in [0.29, 0.717) is 25.6 Å². The van der Waals surface area contributed by atoms with Gasteiger partial charge < -0.3 is 15.8 Å². The molecule has 18 heavy (non-hydrogen) atoms. The highest BCUT2D eigenvalue weighted by atomic mass is 16.5. The molecule has 5 nitrogen and oxygen atoms in total. The molecule has 2 atom stereocenters. The first-order chi connectivity index (χ1) is 8.59. The molecule has 1 aliphatic carbocycles. The van der Waals surface area contributed by atoms with E-state index in [-0.39, 0.29) is 17.6 Å². The van der Waals surface area contributed by atoms with Gasteiger partial charge in [-0.25, -0.2) is 0 Å². The predicted molar refractivity (Wildman–Crippen MR) is 70.2 cm³/mol. The molecule has 1 saturated carbocycles. The van der Waals surface area contributed by atoms with E-state index < -0.39 is 0 Å². The highest BCUT2D eigenvalue weighted by Gasteiger charge is 2.42. The molecule has 2 aliphatic rings. The summed E-state index contributed by atoms with van der Waals surface area (Å²) in [5.74, 6) is 0.533. The van der Waals surface area contributed by atoms with Crippen molar-refractivity contribution in [1.82, 2.24) is 10.2 Å². The van der Waals surface area contributed by atoms with E-state index in [1.807, 2.05) is 6.92 Å². The van der Waals surface area contributed by atoms with Crippen molar-refractivity contribution in [1.29, 1.82) is 0 Å². The van der Waals surface area contributed by atoms with E-state index in [1.54, 1.807) is 0 Å². The van der Waals surface area contributed by atoms with Crippen LogP contribution < -0.4 is 11.1 Å². The van der Waals surface area contributed by atoms with Gasteiger partial charge in [0, 0.05) is 19.6 Å². The summed E-state index contributed by atoms with van der Waals surface area (Å²) < 4.78 is 5.57.